The molecule has 98 valence electrons. The number of anilines is 1. The molecule has 0 unspecified atom stereocenters. The lowest BCUT2D eigenvalue weighted by atomic mass is 10.1. The summed E-state index contributed by atoms with van der Waals surface area (Å²) in [6, 6.07) is 8.67. The number of para-hydroxylation sites is 1. The van der Waals surface area contributed by atoms with Gasteiger partial charge in [0.2, 0.25) is 5.91 Å². The second kappa shape index (κ2) is 5.39. The van der Waals surface area contributed by atoms with E-state index in [-0.39, 0.29) is 11.8 Å². The van der Waals surface area contributed by atoms with E-state index in [1.807, 2.05) is 6.07 Å². The smallest absolute Gasteiger partial charge is 0.251 e. The van der Waals surface area contributed by atoms with Gasteiger partial charge in [-0.05, 0) is 25.0 Å². The molecule has 1 aromatic rings. The average molecular weight is 268 g/mol. The predicted molar refractivity (Wildman–Crippen MR) is 69.4 cm³/mol. The summed E-state index contributed by atoms with van der Waals surface area (Å²) in [5.41, 5.74) is 0.516. The summed E-state index contributed by atoms with van der Waals surface area (Å²) in [6.45, 7) is 0.522. The molecule has 1 fully saturated rings. The molecule has 0 radical (unpaired) electrons. The zero-order valence-corrected chi connectivity index (χ0v) is 10.8. The first kappa shape index (κ1) is 12.9. The summed E-state index contributed by atoms with van der Waals surface area (Å²) >= 11 is 0. The van der Waals surface area contributed by atoms with Crippen LogP contribution in [0.2, 0.25) is 0 Å². The van der Waals surface area contributed by atoms with Crippen molar-refractivity contribution in [1.29, 1.82) is 0 Å². The number of nitrogens with zero attached hydrogens (tertiary/aromatic N) is 1. The van der Waals surface area contributed by atoms with Crippen molar-refractivity contribution < 1.29 is 13.2 Å². The molecule has 1 heterocycles. The van der Waals surface area contributed by atoms with Crippen molar-refractivity contribution in [3.05, 3.63) is 30.3 Å². The summed E-state index contributed by atoms with van der Waals surface area (Å²) in [5, 5.41) is 0. The highest BCUT2D eigenvalue weighted by molar-refractivity contribution is 7.92. The number of hydrogen-bond donors (Lipinski definition) is 1. The molecule has 0 aliphatic carbocycles. The van der Waals surface area contributed by atoms with Crippen LogP contribution in [-0.2, 0) is 14.8 Å². The van der Waals surface area contributed by atoms with Gasteiger partial charge in [0, 0.05) is 18.7 Å². The molecule has 1 aromatic carbocycles. The number of likely N-dealkylation sites (tertiary alicyclic amines) is 1. The number of amides is 1. The maximum atomic E-state index is 11.9. The highest BCUT2D eigenvalue weighted by Crippen LogP contribution is 2.13. The summed E-state index contributed by atoms with van der Waals surface area (Å²) in [4.78, 5) is 13.0. The van der Waals surface area contributed by atoms with Crippen LogP contribution in [0.4, 0.5) is 5.69 Å². The van der Waals surface area contributed by atoms with Gasteiger partial charge in [0.25, 0.3) is 10.0 Å². The van der Waals surface area contributed by atoms with Crippen LogP contribution in [0.3, 0.4) is 0 Å². The monoisotopic (exact) mass is 268 g/mol. The minimum absolute atomic E-state index is 0.0836. The van der Waals surface area contributed by atoms with Gasteiger partial charge >= 0.3 is 0 Å². The van der Waals surface area contributed by atoms with E-state index >= 15 is 0 Å². The Morgan fingerprint density at radius 1 is 1.17 bits per heavy atom. The van der Waals surface area contributed by atoms with Gasteiger partial charge in [0.1, 0.15) is 5.88 Å². The standard InChI is InChI=1S/C12H16N2O3S/c15-12-8-4-5-9-14(12)10-18(16,17)13-11-6-2-1-3-7-11/h1-3,6-7,13H,4-5,8-10H2. The first-order chi connectivity index (χ1) is 8.57. The number of benzene rings is 1. The van der Waals surface area contributed by atoms with E-state index in [1.54, 1.807) is 24.3 Å². The molecule has 18 heavy (non-hydrogen) atoms. The maximum absolute atomic E-state index is 11.9. The van der Waals surface area contributed by atoms with Gasteiger partial charge in [0.05, 0.1) is 0 Å². The number of piperidine rings is 1. The largest absolute Gasteiger partial charge is 0.326 e. The zero-order valence-electron chi connectivity index (χ0n) is 10.0. The van der Waals surface area contributed by atoms with Gasteiger partial charge in [-0.25, -0.2) is 8.42 Å². The fraction of sp³-hybridized carbons (Fsp3) is 0.417. The van der Waals surface area contributed by atoms with Gasteiger partial charge in [-0.1, -0.05) is 18.2 Å². The van der Waals surface area contributed by atoms with Crippen molar-refractivity contribution in [1.82, 2.24) is 4.90 Å². The van der Waals surface area contributed by atoms with Crippen LogP contribution in [0, 0.1) is 0 Å². The third-order valence-electron chi connectivity index (χ3n) is 2.79. The summed E-state index contributed by atoms with van der Waals surface area (Å²) in [5.74, 6) is -0.347. The van der Waals surface area contributed by atoms with Gasteiger partial charge in [-0.3, -0.25) is 9.52 Å². The second-order valence-corrected chi connectivity index (χ2v) is 6.02. The lowest BCUT2D eigenvalue weighted by Gasteiger charge is -2.26. The van der Waals surface area contributed by atoms with E-state index in [4.69, 9.17) is 0 Å². The highest BCUT2D eigenvalue weighted by atomic mass is 32.2. The van der Waals surface area contributed by atoms with Crippen LogP contribution in [0.1, 0.15) is 19.3 Å². The van der Waals surface area contributed by atoms with Gasteiger partial charge in [-0.15, -0.1) is 0 Å². The molecular weight excluding hydrogens is 252 g/mol. The Hall–Kier alpha value is -1.56. The van der Waals surface area contributed by atoms with Crippen LogP contribution in [0.25, 0.3) is 0 Å². The third-order valence-corrected chi connectivity index (χ3v) is 3.99. The van der Waals surface area contributed by atoms with Crippen molar-refractivity contribution in [2.45, 2.75) is 19.3 Å². The van der Waals surface area contributed by atoms with Crippen LogP contribution >= 0.6 is 0 Å². The minimum Gasteiger partial charge on any atom is -0.326 e. The Kier molecular flexibility index (Phi) is 3.86. The van der Waals surface area contributed by atoms with E-state index in [1.165, 1.54) is 4.90 Å². The third kappa shape index (κ3) is 3.46. The number of hydrogen-bond acceptors (Lipinski definition) is 3. The zero-order chi connectivity index (χ0) is 13.0. The second-order valence-electron chi connectivity index (χ2n) is 4.33. The molecule has 1 aliphatic rings. The Morgan fingerprint density at radius 3 is 2.56 bits per heavy atom. The SMILES string of the molecule is O=C1CCCCN1CS(=O)(=O)Nc1ccccc1. The lowest BCUT2D eigenvalue weighted by Crippen LogP contribution is -2.40. The van der Waals surface area contributed by atoms with Crippen molar-refractivity contribution in [2.24, 2.45) is 0 Å². The number of carbonyl (C=O) groups excluding carboxylic acids is 1. The fourth-order valence-electron chi connectivity index (χ4n) is 1.92. The van der Waals surface area contributed by atoms with E-state index in [0.717, 1.165) is 12.8 Å². The van der Waals surface area contributed by atoms with Gasteiger partial charge < -0.3 is 4.90 Å². The van der Waals surface area contributed by atoms with Gasteiger partial charge in [0.15, 0.2) is 0 Å². The Morgan fingerprint density at radius 2 is 1.89 bits per heavy atom. The van der Waals surface area contributed by atoms with Crippen LogP contribution in [0.15, 0.2) is 30.3 Å². The molecule has 0 spiro atoms. The quantitative estimate of drug-likeness (QED) is 0.897. The Balaban J connectivity index is 2.01. The molecule has 5 nitrogen and oxygen atoms in total. The van der Waals surface area contributed by atoms with Crippen molar-refractivity contribution in [3.63, 3.8) is 0 Å². The van der Waals surface area contributed by atoms with E-state index < -0.39 is 10.0 Å². The first-order valence-electron chi connectivity index (χ1n) is 5.90. The molecule has 6 heteroatoms. The van der Waals surface area contributed by atoms with Crippen molar-refractivity contribution >= 4 is 21.6 Å². The molecular formula is C12H16N2O3S. The molecule has 1 N–H and O–H groups in total. The average Bonchev–Trinajstić information content (AvgIpc) is 2.32. The minimum atomic E-state index is -3.51. The molecule has 1 aliphatic heterocycles. The van der Waals surface area contributed by atoms with Crippen molar-refractivity contribution in [3.8, 4) is 0 Å². The summed E-state index contributed by atoms with van der Waals surface area (Å²) in [7, 11) is -3.51. The number of sulfonamides is 1. The molecule has 0 saturated carbocycles. The van der Waals surface area contributed by atoms with Gasteiger partial charge in [-0.2, -0.15) is 0 Å². The fourth-order valence-corrected chi connectivity index (χ4v) is 3.16. The molecule has 1 saturated heterocycles. The highest BCUT2D eigenvalue weighted by Gasteiger charge is 2.23. The van der Waals surface area contributed by atoms with E-state index in [0.29, 0.717) is 18.7 Å². The summed E-state index contributed by atoms with van der Waals surface area (Å²) < 4.78 is 26.3. The molecule has 2 rings (SSSR count). The Bertz CT molecular complexity index is 513. The maximum Gasteiger partial charge on any atom is 0.251 e. The topological polar surface area (TPSA) is 66.5 Å². The molecule has 1 amide bonds. The predicted octanol–water partition coefficient (Wildman–Crippen LogP) is 1.40. The number of nitrogens with one attached hydrogen (secondary N) is 1. The van der Waals surface area contributed by atoms with E-state index in [9.17, 15) is 13.2 Å². The number of rotatable bonds is 4. The molecule has 0 bridgehead atoms. The van der Waals surface area contributed by atoms with E-state index in [2.05, 4.69) is 4.72 Å². The molecule has 0 atom stereocenters. The van der Waals surface area contributed by atoms with Crippen molar-refractivity contribution in [2.75, 3.05) is 17.1 Å². The normalized spacial score (nSPS) is 16.7. The molecule has 0 aromatic heterocycles. The summed E-state index contributed by atoms with van der Waals surface area (Å²) in [6.07, 6.45) is 2.16. The first-order valence-corrected chi connectivity index (χ1v) is 7.55. The van der Waals surface area contributed by atoms with Crippen LogP contribution in [-0.4, -0.2) is 31.6 Å². The Labute approximate surface area is 107 Å². The lowest BCUT2D eigenvalue weighted by molar-refractivity contribution is -0.132. The number of carbonyl (C=O) groups is 1. The van der Waals surface area contributed by atoms with Crippen LogP contribution < -0.4 is 4.72 Å². The van der Waals surface area contributed by atoms with Crippen LogP contribution in [0.5, 0.6) is 0 Å².